The topological polar surface area (TPSA) is 63.8 Å². The molecule has 0 unspecified atom stereocenters. The van der Waals surface area contributed by atoms with E-state index in [9.17, 15) is 9.90 Å². The summed E-state index contributed by atoms with van der Waals surface area (Å²) in [5.41, 5.74) is 2.52. The van der Waals surface area contributed by atoms with Crippen molar-refractivity contribution in [2.75, 3.05) is 7.11 Å². The van der Waals surface area contributed by atoms with Crippen LogP contribution >= 0.6 is 0 Å². The van der Waals surface area contributed by atoms with Gasteiger partial charge in [0.1, 0.15) is 5.75 Å². The van der Waals surface area contributed by atoms with Crippen LogP contribution in [0, 0.1) is 0 Å². The van der Waals surface area contributed by atoms with E-state index in [1.165, 1.54) is 0 Å². The highest BCUT2D eigenvalue weighted by Gasteiger charge is 2.27. The molecule has 0 atom stereocenters. The van der Waals surface area contributed by atoms with Crippen LogP contribution in [0.4, 0.5) is 0 Å². The van der Waals surface area contributed by atoms with Gasteiger partial charge >= 0.3 is 0 Å². The molecule has 0 spiro atoms. The first-order valence-electron chi connectivity index (χ1n) is 8.88. The minimum Gasteiger partial charge on any atom is -0.497 e. The highest BCUT2D eigenvalue weighted by molar-refractivity contribution is 6.25. The Labute approximate surface area is 160 Å². The standard InChI is InChI=1S/C23H16N2O3/c1-28-15-12-10-14(11-13-15)25-19-9-5-3-7-17(19)21(23(25)27)20-16-6-2-4-8-18(16)24-22(20)26/h2-13,27H,1H3. The molecule has 0 fully saturated rings. The summed E-state index contributed by atoms with van der Waals surface area (Å²) in [6, 6.07) is 22.4. The Morgan fingerprint density at radius 1 is 0.929 bits per heavy atom. The van der Waals surface area contributed by atoms with Crippen molar-refractivity contribution in [2.24, 2.45) is 4.99 Å². The molecule has 0 saturated heterocycles. The van der Waals surface area contributed by atoms with Gasteiger partial charge < -0.3 is 9.84 Å². The molecule has 5 rings (SSSR count). The molecule has 1 amide bonds. The van der Waals surface area contributed by atoms with Crippen LogP contribution in [0.25, 0.3) is 22.2 Å². The van der Waals surface area contributed by atoms with Gasteiger partial charge in [0.25, 0.3) is 5.91 Å². The SMILES string of the molecule is COc1ccc(-n2c(O)c(C3=c4ccccc4=NC3=O)c3ccccc32)cc1. The molecule has 3 aromatic carbocycles. The summed E-state index contributed by atoms with van der Waals surface area (Å²) in [6.07, 6.45) is 0. The minimum absolute atomic E-state index is 0.0154. The lowest BCUT2D eigenvalue weighted by molar-refractivity contribution is -0.112. The van der Waals surface area contributed by atoms with Crippen LogP contribution in [0.5, 0.6) is 11.6 Å². The fourth-order valence-corrected chi connectivity index (χ4v) is 3.77. The molecule has 5 nitrogen and oxygen atoms in total. The summed E-state index contributed by atoms with van der Waals surface area (Å²) in [5, 5.41) is 13.4. The lowest BCUT2D eigenvalue weighted by Crippen LogP contribution is -2.22. The van der Waals surface area contributed by atoms with Gasteiger partial charge in [-0.1, -0.05) is 36.4 Å². The van der Waals surface area contributed by atoms with E-state index in [-0.39, 0.29) is 11.8 Å². The number of carbonyl (C=O) groups is 1. The molecule has 2 heterocycles. The van der Waals surface area contributed by atoms with Crippen LogP contribution in [0.2, 0.25) is 0 Å². The van der Waals surface area contributed by atoms with Crippen molar-refractivity contribution in [3.8, 4) is 17.3 Å². The van der Waals surface area contributed by atoms with Crippen LogP contribution in [0.3, 0.4) is 0 Å². The molecule has 28 heavy (non-hydrogen) atoms. The predicted octanol–water partition coefficient (Wildman–Crippen LogP) is 2.70. The summed E-state index contributed by atoms with van der Waals surface area (Å²) in [5.74, 6) is 0.406. The number of hydrogen-bond donors (Lipinski definition) is 1. The van der Waals surface area contributed by atoms with Crippen LogP contribution in [0.15, 0.2) is 77.8 Å². The van der Waals surface area contributed by atoms with Gasteiger partial charge in [0, 0.05) is 16.3 Å². The first-order chi connectivity index (χ1) is 13.7. The minimum atomic E-state index is -0.339. The molecule has 1 N–H and O–H groups in total. The molecule has 4 aromatic rings. The highest BCUT2D eigenvalue weighted by atomic mass is 16.5. The van der Waals surface area contributed by atoms with E-state index < -0.39 is 0 Å². The molecular weight excluding hydrogens is 352 g/mol. The Morgan fingerprint density at radius 2 is 1.64 bits per heavy atom. The second-order valence-electron chi connectivity index (χ2n) is 6.56. The Hall–Kier alpha value is -3.86. The Kier molecular flexibility index (Phi) is 3.55. The van der Waals surface area contributed by atoms with Crippen molar-refractivity contribution < 1.29 is 14.6 Å². The van der Waals surface area contributed by atoms with E-state index >= 15 is 0 Å². The average molecular weight is 368 g/mol. The van der Waals surface area contributed by atoms with Gasteiger partial charge in [0.05, 0.1) is 29.1 Å². The highest BCUT2D eigenvalue weighted by Crippen LogP contribution is 2.38. The maximum Gasteiger partial charge on any atom is 0.279 e. The van der Waals surface area contributed by atoms with Gasteiger partial charge in [-0.3, -0.25) is 9.36 Å². The normalized spacial score (nSPS) is 12.9. The summed E-state index contributed by atoms with van der Waals surface area (Å²) in [4.78, 5) is 16.9. The van der Waals surface area contributed by atoms with E-state index in [0.29, 0.717) is 16.5 Å². The van der Waals surface area contributed by atoms with Gasteiger partial charge in [-0.25, -0.2) is 4.99 Å². The maximum atomic E-state index is 12.7. The average Bonchev–Trinajstić information content (AvgIpc) is 3.20. The smallest absolute Gasteiger partial charge is 0.279 e. The number of hydrogen-bond acceptors (Lipinski definition) is 3. The lowest BCUT2D eigenvalue weighted by Gasteiger charge is -2.08. The van der Waals surface area contributed by atoms with Gasteiger partial charge in [-0.05, 0) is 36.4 Å². The number of nitrogens with zero attached hydrogens (tertiary/aromatic N) is 2. The first-order valence-corrected chi connectivity index (χ1v) is 8.88. The zero-order valence-electron chi connectivity index (χ0n) is 15.1. The zero-order valence-corrected chi connectivity index (χ0v) is 15.1. The van der Waals surface area contributed by atoms with E-state index in [2.05, 4.69) is 4.99 Å². The predicted molar refractivity (Wildman–Crippen MR) is 106 cm³/mol. The van der Waals surface area contributed by atoms with Gasteiger partial charge in [-0.15, -0.1) is 0 Å². The Balaban J connectivity index is 1.87. The molecule has 1 aliphatic heterocycles. The number of ether oxygens (including phenoxy) is 1. The van der Waals surface area contributed by atoms with Crippen molar-refractivity contribution in [3.05, 3.63) is 88.9 Å². The third-order valence-corrected chi connectivity index (χ3v) is 5.04. The molecule has 0 aliphatic carbocycles. The monoisotopic (exact) mass is 368 g/mol. The summed E-state index contributed by atoms with van der Waals surface area (Å²) in [6.45, 7) is 0. The summed E-state index contributed by atoms with van der Waals surface area (Å²) >= 11 is 0. The van der Waals surface area contributed by atoms with Crippen LogP contribution in [-0.2, 0) is 4.79 Å². The molecule has 0 saturated carbocycles. The number of benzene rings is 3. The Morgan fingerprint density at radius 3 is 2.43 bits per heavy atom. The second kappa shape index (κ2) is 6.09. The number of aromatic nitrogens is 1. The third-order valence-electron chi connectivity index (χ3n) is 5.04. The van der Waals surface area contributed by atoms with Gasteiger partial charge in [-0.2, -0.15) is 0 Å². The van der Waals surface area contributed by atoms with Gasteiger partial charge in [0.15, 0.2) is 0 Å². The molecular formula is C23H16N2O3. The summed E-state index contributed by atoms with van der Waals surface area (Å²) < 4.78 is 6.97. The number of rotatable bonds is 3. The molecule has 5 heteroatoms. The molecule has 136 valence electrons. The lowest BCUT2D eigenvalue weighted by atomic mass is 10.0. The zero-order chi connectivity index (χ0) is 19.3. The molecule has 0 bridgehead atoms. The second-order valence-corrected chi connectivity index (χ2v) is 6.56. The number of para-hydroxylation sites is 2. The number of methoxy groups -OCH3 is 1. The number of amides is 1. The largest absolute Gasteiger partial charge is 0.497 e. The van der Waals surface area contributed by atoms with Crippen molar-refractivity contribution in [3.63, 3.8) is 0 Å². The number of fused-ring (bicyclic) bond motifs is 2. The molecule has 0 radical (unpaired) electrons. The van der Waals surface area contributed by atoms with Crippen LogP contribution < -0.4 is 15.3 Å². The molecule has 1 aliphatic rings. The fourth-order valence-electron chi connectivity index (χ4n) is 3.77. The van der Waals surface area contributed by atoms with Crippen molar-refractivity contribution in [1.29, 1.82) is 0 Å². The third kappa shape index (κ3) is 2.26. The van der Waals surface area contributed by atoms with Crippen LogP contribution in [-0.4, -0.2) is 22.7 Å². The maximum absolute atomic E-state index is 12.7. The van der Waals surface area contributed by atoms with Crippen molar-refractivity contribution in [2.45, 2.75) is 0 Å². The van der Waals surface area contributed by atoms with Crippen LogP contribution in [0.1, 0.15) is 5.56 Å². The fraction of sp³-hybridized carbons (Fsp3) is 0.0435. The number of carbonyl (C=O) groups excluding carboxylic acids is 1. The van der Waals surface area contributed by atoms with E-state index in [1.54, 1.807) is 17.7 Å². The van der Waals surface area contributed by atoms with E-state index in [0.717, 1.165) is 27.6 Å². The van der Waals surface area contributed by atoms with Crippen molar-refractivity contribution in [1.82, 2.24) is 4.57 Å². The van der Waals surface area contributed by atoms with Crippen molar-refractivity contribution >= 4 is 22.4 Å². The molecule has 1 aromatic heterocycles. The first kappa shape index (κ1) is 16.3. The quantitative estimate of drug-likeness (QED) is 0.605. The number of aromatic hydroxyl groups is 1. The summed E-state index contributed by atoms with van der Waals surface area (Å²) in [7, 11) is 1.61. The van der Waals surface area contributed by atoms with E-state index in [1.807, 2.05) is 66.7 Å². The van der Waals surface area contributed by atoms with E-state index in [4.69, 9.17) is 4.74 Å². The van der Waals surface area contributed by atoms with Gasteiger partial charge in [0.2, 0.25) is 5.88 Å². The Bertz CT molecular complexity index is 1370.